The van der Waals surface area contributed by atoms with Gasteiger partial charge in [0, 0.05) is 17.8 Å². The number of nitrogens with two attached hydrogens (primary N) is 1. The first kappa shape index (κ1) is 14.4. The Morgan fingerprint density at radius 1 is 1.32 bits per heavy atom. The van der Waals surface area contributed by atoms with E-state index in [1.54, 1.807) is 0 Å². The monoisotopic (exact) mass is 260 g/mol. The van der Waals surface area contributed by atoms with E-state index in [-0.39, 0.29) is 5.54 Å². The lowest BCUT2D eigenvalue weighted by Gasteiger charge is -2.35. The summed E-state index contributed by atoms with van der Waals surface area (Å²) in [7, 11) is 0. The van der Waals surface area contributed by atoms with Gasteiger partial charge in [-0.05, 0) is 56.7 Å². The van der Waals surface area contributed by atoms with Gasteiger partial charge in [0.1, 0.15) is 0 Å². The maximum Gasteiger partial charge on any atom is 0.0405 e. The molecule has 1 heterocycles. The molecule has 2 nitrogen and oxygen atoms in total. The zero-order valence-corrected chi connectivity index (χ0v) is 12.8. The highest BCUT2D eigenvalue weighted by molar-refractivity contribution is 5.57. The quantitative estimate of drug-likeness (QED) is 0.893. The molecule has 19 heavy (non-hydrogen) atoms. The van der Waals surface area contributed by atoms with Gasteiger partial charge in [-0.3, -0.25) is 0 Å². The summed E-state index contributed by atoms with van der Waals surface area (Å²) in [4.78, 5) is 2.60. The van der Waals surface area contributed by atoms with Crippen LogP contribution >= 0.6 is 0 Å². The lowest BCUT2D eigenvalue weighted by atomic mass is 9.93. The summed E-state index contributed by atoms with van der Waals surface area (Å²) in [5.74, 6) is 1.31. The summed E-state index contributed by atoms with van der Waals surface area (Å²) in [5.41, 5.74) is 8.86. The largest absolute Gasteiger partial charge is 0.366 e. The van der Waals surface area contributed by atoms with Crippen molar-refractivity contribution in [2.75, 3.05) is 18.0 Å². The Kier molecular flexibility index (Phi) is 4.19. The Morgan fingerprint density at radius 2 is 2.00 bits per heavy atom. The molecule has 0 bridgehead atoms. The first-order chi connectivity index (χ1) is 8.95. The van der Waals surface area contributed by atoms with Gasteiger partial charge < -0.3 is 10.6 Å². The molecule has 0 aromatic heterocycles. The molecule has 1 aliphatic heterocycles. The molecule has 0 radical (unpaired) electrons. The minimum absolute atomic E-state index is 0.241. The maximum absolute atomic E-state index is 5.74. The second-order valence-electron chi connectivity index (χ2n) is 6.78. The van der Waals surface area contributed by atoms with Gasteiger partial charge in [-0.2, -0.15) is 0 Å². The first-order valence-corrected chi connectivity index (χ1v) is 7.52. The molecule has 0 saturated carbocycles. The van der Waals surface area contributed by atoms with Crippen molar-refractivity contribution in [2.45, 2.75) is 52.0 Å². The number of para-hydroxylation sites is 1. The molecule has 1 atom stereocenters. The van der Waals surface area contributed by atoms with Crippen molar-refractivity contribution >= 4 is 5.69 Å². The number of benzene rings is 1. The highest BCUT2D eigenvalue weighted by atomic mass is 15.2. The third-order valence-corrected chi connectivity index (χ3v) is 4.38. The highest BCUT2D eigenvalue weighted by Crippen LogP contribution is 2.40. The number of hydrogen-bond acceptors (Lipinski definition) is 2. The van der Waals surface area contributed by atoms with Crippen LogP contribution in [0, 0.1) is 5.92 Å². The van der Waals surface area contributed by atoms with Crippen molar-refractivity contribution in [2.24, 2.45) is 11.7 Å². The highest BCUT2D eigenvalue weighted by Gasteiger charge is 2.38. The van der Waals surface area contributed by atoms with E-state index in [2.05, 4.69) is 56.9 Å². The van der Waals surface area contributed by atoms with Crippen LogP contribution < -0.4 is 10.6 Å². The van der Waals surface area contributed by atoms with Crippen LogP contribution in [0.4, 0.5) is 5.69 Å². The molecule has 1 fully saturated rings. The van der Waals surface area contributed by atoms with Gasteiger partial charge in [-0.25, -0.2) is 0 Å². The Bertz CT molecular complexity index is 423. The van der Waals surface area contributed by atoms with E-state index in [9.17, 15) is 0 Å². The third kappa shape index (κ3) is 2.94. The fourth-order valence-electron chi connectivity index (χ4n) is 3.46. The van der Waals surface area contributed by atoms with Gasteiger partial charge in [0.15, 0.2) is 0 Å². The van der Waals surface area contributed by atoms with Gasteiger partial charge in [-0.15, -0.1) is 0 Å². The predicted molar refractivity (Wildman–Crippen MR) is 83.7 cm³/mol. The van der Waals surface area contributed by atoms with Crippen LogP contribution in [0.25, 0.3) is 0 Å². The summed E-state index contributed by atoms with van der Waals surface area (Å²) >= 11 is 0. The smallest absolute Gasteiger partial charge is 0.0405 e. The summed E-state index contributed by atoms with van der Waals surface area (Å²) in [6, 6.07) is 8.86. The van der Waals surface area contributed by atoms with Crippen LogP contribution in [0.3, 0.4) is 0 Å². The van der Waals surface area contributed by atoms with E-state index in [1.165, 1.54) is 17.7 Å². The SMILES string of the molecule is CC(C)c1ccccc1N1CC(CCN)CC1(C)C. The van der Waals surface area contributed by atoms with E-state index in [1.807, 2.05) is 0 Å². The summed E-state index contributed by atoms with van der Waals surface area (Å²) in [5, 5.41) is 0. The minimum Gasteiger partial charge on any atom is -0.366 e. The Hall–Kier alpha value is -1.02. The Morgan fingerprint density at radius 3 is 2.63 bits per heavy atom. The summed E-state index contributed by atoms with van der Waals surface area (Å²) < 4.78 is 0. The van der Waals surface area contributed by atoms with Crippen molar-refractivity contribution in [3.63, 3.8) is 0 Å². The van der Waals surface area contributed by atoms with Gasteiger partial charge >= 0.3 is 0 Å². The molecule has 1 aromatic rings. The van der Waals surface area contributed by atoms with E-state index in [0.29, 0.717) is 5.92 Å². The van der Waals surface area contributed by atoms with E-state index in [0.717, 1.165) is 25.4 Å². The molecule has 2 N–H and O–H groups in total. The van der Waals surface area contributed by atoms with Crippen molar-refractivity contribution in [3.8, 4) is 0 Å². The second-order valence-corrected chi connectivity index (χ2v) is 6.78. The van der Waals surface area contributed by atoms with Crippen LogP contribution in [-0.4, -0.2) is 18.6 Å². The van der Waals surface area contributed by atoms with Crippen LogP contribution in [0.2, 0.25) is 0 Å². The average molecular weight is 260 g/mol. The maximum atomic E-state index is 5.74. The zero-order valence-electron chi connectivity index (χ0n) is 12.8. The molecule has 0 amide bonds. The number of rotatable bonds is 4. The van der Waals surface area contributed by atoms with Gasteiger partial charge in [0.25, 0.3) is 0 Å². The van der Waals surface area contributed by atoms with Crippen molar-refractivity contribution in [3.05, 3.63) is 29.8 Å². The molecule has 0 aliphatic carbocycles. The lowest BCUT2D eigenvalue weighted by Crippen LogP contribution is -2.38. The Labute approximate surface area is 118 Å². The van der Waals surface area contributed by atoms with E-state index >= 15 is 0 Å². The fraction of sp³-hybridized carbons (Fsp3) is 0.647. The number of hydrogen-bond donors (Lipinski definition) is 1. The van der Waals surface area contributed by atoms with Crippen LogP contribution in [0.5, 0.6) is 0 Å². The zero-order chi connectivity index (χ0) is 14.0. The topological polar surface area (TPSA) is 29.3 Å². The molecule has 1 saturated heterocycles. The second kappa shape index (κ2) is 5.54. The molecular formula is C17H28N2. The summed E-state index contributed by atoms with van der Waals surface area (Å²) in [6.07, 6.45) is 2.39. The minimum atomic E-state index is 0.241. The predicted octanol–water partition coefficient (Wildman–Crippen LogP) is 3.76. The van der Waals surface area contributed by atoms with Crippen LogP contribution in [0.1, 0.15) is 52.0 Å². The molecule has 1 aromatic carbocycles. The van der Waals surface area contributed by atoms with Gasteiger partial charge in [0.2, 0.25) is 0 Å². The normalized spacial score (nSPS) is 22.2. The third-order valence-electron chi connectivity index (χ3n) is 4.38. The number of nitrogens with zero attached hydrogens (tertiary/aromatic N) is 1. The molecule has 1 aliphatic rings. The molecule has 106 valence electrons. The fourth-order valence-corrected chi connectivity index (χ4v) is 3.46. The van der Waals surface area contributed by atoms with Crippen LogP contribution in [0.15, 0.2) is 24.3 Å². The van der Waals surface area contributed by atoms with Crippen molar-refractivity contribution in [1.82, 2.24) is 0 Å². The number of anilines is 1. The van der Waals surface area contributed by atoms with E-state index < -0.39 is 0 Å². The summed E-state index contributed by atoms with van der Waals surface area (Å²) in [6.45, 7) is 11.2. The molecule has 0 spiro atoms. The standard InChI is InChI=1S/C17H28N2/c1-13(2)15-7-5-6-8-16(15)19-12-14(9-10-18)11-17(19,3)4/h5-8,13-14H,9-12,18H2,1-4H3. The first-order valence-electron chi connectivity index (χ1n) is 7.52. The molecule has 2 rings (SSSR count). The van der Waals surface area contributed by atoms with Crippen LogP contribution in [-0.2, 0) is 0 Å². The Balaban J connectivity index is 2.31. The molecule has 2 heteroatoms. The van der Waals surface area contributed by atoms with Crippen molar-refractivity contribution < 1.29 is 0 Å². The molecule has 1 unspecified atom stereocenters. The van der Waals surface area contributed by atoms with Crippen molar-refractivity contribution in [1.29, 1.82) is 0 Å². The van der Waals surface area contributed by atoms with Gasteiger partial charge in [0.05, 0.1) is 0 Å². The average Bonchev–Trinajstić information content (AvgIpc) is 2.64. The van der Waals surface area contributed by atoms with Gasteiger partial charge in [-0.1, -0.05) is 32.0 Å². The molecular weight excluding hydrogens is 232 g/mol. The van der Waals surface area contributed by atoms with E-state index in [4.69, 9.17) is 5.73 Å². The lowest BCUT2D eigenvalue weighted by molar-refractivity contribution is 0.458.